The molecule has 3 nitrogen and oxygen atoms in total. The van der Waals surface area contributed by atoms with Crippen LogP contribution >= 0.6 is 11.6 Å². The van der Waals surface area contributed by atoms with Crippen LogP contribution in [0.25, 0.3) is 0 Å². The largest absolute Gasteiger partial charge is 0.379 e. The van der Waals surface area contributed by atoms with E-state index in [2.05, 4.69) is 30.3 Å². The Morgan fingerprint density at radius 1 is 1.47 bits per heavy atom. The van der Waals surface area contributed by atoms with Crippen LogP contribution in [0.1, 0.15) is 25.3 Å². The topological polar surface area (TPSA) is 24.5 Å². The lowest BCUT2D eigenvalue weighted by Crippen LogP contribution is -2.33. The second-order valence-electron chi connectivity index (χ2n) is 5.05. The first kappa shape index (κ1) is 14.6. The molecule has 1 atom stereocenters. The highest BCUT2D eigenvalue weighted by Gasteiger charge is 2.23. The first-order chi connectivity index (χ1) is 9.24. The smallest absolute Gasteiger partial charge is 0.0670 e. The van der Waals surface area contributed by atoms with Crippen LogP contribution in [0.4, 0.5) is 5.69 Å². The lowest BCUT2D eigenvalue weighted by atomic mass is 10.1. The van der Waals surface area contributed by atoms with E-state index in [0.717, 1.165) is 49.9 Å². The maximum atomic E-state index is 6.41. The number of ether oxygens (including phenoxy) is 1. The van der Waals surface area contributed by atoms with Crippen LogP contribution in [0.3, 0.4) is 0 Å². The van der Waals surface area contributed by atoms with Crippen molar-refractivity contribution in [2.45, 2.75) is 32.4 Å². The molecule has 2 rings (SSSR count). The molecule has 0 radical (unpaired) electrons. The van der Waals surface area contributed by atoms with Crippen molar-refractivity contribution in [2.75, 3.05) is 31.7 Å². The monoisotopic (exact) mass is 282 g/mol. The van der Waals surface area contributed by atoms with Crippen LogP contribution in [-0.2, 0) is 11.3 Å². The zero-order valence-electron chi connectivity index (χ0n) is 11.8. The van der Waals surface area contributed by atoms with E-state index in [0.29, 0.717) is 6.04 Å². The van der Waals surface area contributed by atoms with E-state index >= 15 is 0 Å². The molecule has 0 aromatic heterocycles. The zero-order valence-corrected chi connectivity index (χ0v) is 12.5. The Morgan fingerprint density at radius 3 is 3.00 bits per heavy atom. The standard InChI is InChI=1S/C15H23ClN2O/c1-3-8-17-10-12-5-4-6-14(16)15(12)18(2)13-7-9-19-11-13/h4-6,13,17H,3,7-11H2,1-2H3. The third kappa shape index (κ3) is 3.62. The number of benzene rings is 1. The highest BCUT2D eigenvalue weighted by atomic mass is 35.5. The number of para-hydroxylation sites is 1. The lowest BCUT2D eigenvalue weighted by molar-refractivity contribution is 0.193. The van der Waals surface area contributed by atoms with E-state index in [-0.39, 0.29) is 0 Å². The molecular weight excluding hydrogens is 260 g/mol. The van der Waals surface area contributed by atoms with E-state index in [1.54, 1.807) is 0 Å². The van der Waals surface area contributed by atoms with Crippen LogP contribution < -0.4 is 10.2 Å². The van der Waals surface area contributed by atoms with E-state index in [1.165, 1.54) is 5.56 Å². The maximum absolute atomic E-state index is 6.41. The minimum Gasteiger partial charge on any atom is -0.379 e. The summed E-state index contributed by atoms with van der Waals surface area (Å²) in [6.45, 7) is 5.71. The maximum Gasteiger partial charge on any atom is 0.0670 e. The molecule has 106 valence electrons. The summed E-state index contributed by atoms with van der Waals surface area (Å²) in [7, 11) is 2.11. The number of nitrogens with zero attached hydrogens (tertiary/aromatic N) is 1. The van der Waals surface area contributed by atoms with Gasteiger partial charge in [0.15, 0.2) is 0 Å². The number of rotatable bonds is 6. The Balaban J connectivity index is 2.16. The number of hydrogen-bond acceptors (Lipinski definition) is 3. The van der Waals surface area contributed by atoms with Crippen molar-refractivity contribution in [3.63, 3.8) is 0 Å². The van der Waals surface area contributed by atoms with Gasteiger partial charge in [0.1, 0.15) is 0 Å². The second kappa shape index (κ2) is 7.13. The van der Waals surface area contributed by atoms with Gasteiger partial charge in [-0.1, -0.05) is 30.7 Å². The van der Waals surface area contributed by atoms with Gasteiger partial charge in [-0.15, -0.1) is 0 Å². The minimum atomic E-state index is 0.435. The average Bonchev–Trinajstić information content (AvgIpc) is 2.92. The Labute approximate surface area is 120 Å². The first-order valence-electron chi connectivity index (χ1n) is 7.02. The second-order valence-corrected chi connectivity index (χ2v) is 5.46. The van der Waals surface area contributed by atoms with Crippen molar-refractivity contribution < 1.29 is 4.74 Å². The van der Waals surface area contributed by atoms with Gasteiger partial charge in [0.2, 0.25) is 0 Å². The fraction of sp³-hybridized carbons (Fsp3) is 0.600. The molecule has 1 fully saturated rings. The summed E-state index contributed by atoms with van der Waals surface area (Å²) >= 11 is 6.41. The van der Waals surface area contributed by atoms with Gasteiger partial charge in [-0.05, 0) is 31.0 Å². The third-order valence-electron chi connectivity index (χ3n) is 3.62. The van der Waals surface area contributed by atoms with E-state index < -0.39 is 0 Å². The fourth-order valence-electron chi connectivity index (χ4n) is 2.51. The average molecular weight is 283 g/mol. The van der Waals surface area contributed by atoms with Gasteiger partial charge < -0.3 is 15.0 Å². The molecule has 4 heteroatoms. The van der Waals surface area contributed by atoms with Crippen LogP contribution in [0.2, 0.25) is 5.02 Å². The van der Waals surface area contributed by atoms with Gasteiger partial charge >= 0.3 is 0 Å². The molecule has 1 N–H and O–H groups in total. The highest BCUT2D eigenvalue weighted by molar-refractivity contribution is 6.33. The highest BCUT2D eigenvalue weighted by Crippen LogP contribution is 2.32. The molecule has 1 saturated heterocycles. The van der Waals surface area contributed by atoms with Gasteiger partial charge in [0.25, 0.3) is 0 Å². The molecule has 0 saturated carbocycles. The number of halogens is 1. The Morgan fingerprint density at radius 2 is 2.32 bits per heavy atom. The van der Waals surface area contributed by atoms with E-state index in [9.17, 15) is 0 Å². The normalized spacial score (nSPS) is 18.8. The van der Waals surface area contributed by atoms with Gasteiger partial charge in [-0.2, -0.15) is 0 Å². The number of anilines is 1. The number of likely N-dealkylation sites (N-methyl/N-ethyl adjacent to an activating group) is 1. The molecule has 1 aliphatic rings. The summed E-state index contributed by atoms with van der Waals surface area (Å²) in [5, 5.41) is 4.27. The summed E-state index contributed by atoms with van der Waals surface area (Å²) in [6, 6.07) is 6.57. The van der Waals surface area contributed by atoms with Gasteiger partial charge in [-0.25, -0.2) is 0 Å². The molecule has 0 aliphatic carbocycles. The molecule has 19 heavy (non-hydrogen) atoms. The van der Waals surface area contributed by atoms with Gasteiger partial charge in [0.05, 0.1) is 23.4 Å². The van der Waals surface area contributed by atoms with E-state index in [4.69, 9.17) is 16.3 Å². The Hall–Kier alpha value is -0.770. The quantitative estimate of drug-likeness (QED) is 0.812. The van der Waals surface area contributed by atoms with Crippen LogP contribution in [0.5, 0.6) is 0 Å². The predicted octanol–water partition coefficient (Wildman–Crippen LogP) is 3.06. The molecule has 0 bridgehead atoms. The van der Waals surface area contributed by atoms with Crippen LogP contribution in [-0.4, -0.2) is 32.8 Å². The van der Waals surface area contributed by atoms with Crippen molar-refractivity contribution in [3.8, 4) is 0 Å². The Kier molecular flexibility index (Phi) is 5.49. The summed E-state index contributed by atoms with van der Waals surface area (Å²) < 4.78 is 5.48. The molecule has 1 unspecified atom stereocenters. The molecular formula is C15H23ClN2O. The number of nitrogens with one attached hydrogen (secondary N) is 1. The summed E-state index contributed by atoms with van der Waals surface area (Å²) in [5.41, 5.74) is 2.40. The predicted molar refractivity (Wildman–Crippen MR) is 81.1 cm³/mol. The van der Waals surface area contributed by atoms with Crippen molar-refractivity contribution >= 4 is 17.3 Å². The van der Waals surface area contributed by atoms with Crippen molar-refractivity contribution in [3.05, 3.63) is 28.8 Å². The molecule has 0 spiro atoms. The summed E-state index contributed by atoms with van der Waals surface area (Å²) in [6.07, 6.45) is 2.21. The van der Waals surface area contributed by atoms with Gasteiger partial charge in [-0.3, -0.25) is 0 Å². The molecule has 0 amide bonds. The minimum absolute atomic E-state index is 0.435. The van der Waals surface area contributed by atoms with E-state index in [1.807, 2.05) is 12.1 Å². The molecule has 1 aromatic carbocycles. The third-order valence-corrected chi connectivity index (χ3v) is 3.92. The summed E-state index contributed by atoms with van der Waals surface area (Å²) in [4.78, 5) is 2.28. The lowest BCUT2D eigenvalue weighted by Gasteiger charge is -2.28. The van der Waals surface area contributed by atoms with Crippen LogP contribution in [0.15, 0.2) is 18.2 Å². The van der Waals surface area contributed by atoms with Crippen molar-refractivity contribution in [2.24, 2.45) is 0 Å². The fourth-order valence-corrected chi connectivity index (χ4v) is 2.83. The van der Waals surface area contributed by atoms with Crippen LogP contribution in [0, 0.1) is 0 Å². The molecule has 1 aliphatic heterocycles. The molecule has 1 aromatic rings. The molecule has 1 heterocycles. The number of hydrogen-bond donors (Lipinski definition) is 1. The summed E-state index contributed by atoms with van der Waals surface area (Å²) in [5.74, 6) is 0. The van der Waals surface area contributed by atoms with Crippen molar-refractivity contribution in [1.82, 2.24) is 5.32 Å². The SMILES string of the molecule is CCCNCc1cccc(Cl)c1N(C)C1CCOC1. The zero-order chi connectivity index (χ0) is 13.7. The Bertz CT molecular complexity index is 405. The first-order valence-corrected chi connectivity index (χ1v) is 7.40. The van der Waals surface area contributed by atoms with Gasteiger partial charge in [0, 0.05) is 20.2 Å². The van der Waals surface area contributed by atoms with Crippen molar-refractivity contribution in [1.29, 1.82) is 0 Å².